The summed E-state index contributed by atoms with van der Waals surface area (Å²) in [5.41, 5.74) is 6.66. The van der Waals surface area contributed by atoms with E-state index in [4.69, 9.17) is 22.1 Å². The highest BCUT2D eigenvalue weighted by Gasteiger charge is 2.20. The summed E-state index contributed by atoms with van der Waals surface area (Å²) in [4.78, 5) is 0. The van der Waals surface area contributed by atoms with Gasteiger partial charge in [0.2, 0.25) is 0 Å². The third kappa shape index (κ3) is 3.87. The third-order valence-electron chi connectivity index (χ3n) is 2.79. The number of rotatable bonds is 5. The molecule has 102 valence electrons. The Morgan fingerprint density at radius 3 is 2.28 bits per heavy atom. The van der Waals surface area contributed by atoms with Gasteiger partial charge in [-0.2, -0.15) is 0 Å². The Kier molecular flexibility index (Phi) is 5.45. The van der Waals surface area contributed by atoms with Gasteiger partial charge in [0.15, 0.2) is 0 Å². The molecule has 0 saturated carbocycles. The molecule has 4 heteroatoms. The minimum Gasteiger partial charge on any atom is -0.489 e. The zero-order valence-corrected chi connectivity index (χ0v) is 12.1. The SMILES string of the molecule is CC(C)Oc1ccc(C(O)C(N)C(C)C)cc1Cl. The summed E-state index contributed by atoms with van der Waals surface area (Å²) in [7, 11) is 0. The van der Waals surface area contributed by atoms with Crippen LogP contribution in [0.25, 0.3) is 0 Å². The largest absolute Gasteiger partial charge is 0.489 e. The van der Waals surface area contributed by atoms with E-state index in [1.807, 2.05) is 27.7 Å². The summed E-state index contributed by atoms with van der Waals surface area (Å²) >= 11 is 6.12. The molecule has 0 spiro atoms. The molecule has 0 aliphatic rings. The van der Waals surface area contributed by atoms with Crippen molar-refractivity contribution in [2.75, 3.05) is 0 Å². The first-order chi connectivity index (χ1) is 8.32. The van der Waals surface area contributed by atoms with Crippen molar-refractivity contribution < 1.29 is 9.84 Å². The molecule has 0 saturated heterocycles. The summed E-state index contributed by atoms with van der Waals surface area (Å²) in [6.45, 7) is 7.83. The molecular weight excluding hydrogens is 250 g/mol. The zero-order chi connectivity index (χ0) is 13.9. The van der Waals surface area contributed by atoms with Crippen molar-refractivity contribution in [1.82, 2.24) is 0 Å². The van der Waals surface area contributed by atoms with Gasteiger partial charge in [0.05, 0.1) is 17.2 Å². The molecule has 18 heavy (non-hydrogen) atoms. The zero-order valence-electron chi connectivity index (χ0n) is 11.4. The molecular formula is C14H22ClNO2. The van der Waals surface area contributed by atoms with E-state index < -0.39 is 6.10 Å². The van der Waals surface area contributed by atoms with Crippen LogP contribution in [0.5, 0.6) is 5.75 Å². The average Bonchev–Trinajstić information content (AvgIpc) is 2.29. The van der Waals surface area contributed by atoms with E-state index >= 15 is 0 Å². The van der Waals surface area contributed by atoms with Gasteiger partial charge in [-0.25, -0.2) is 0 Å². The lowest BCUT2D eigenvalue weighted by Crippen LogP contribution is -2.33. The van der Waals surface area contributed by atoms with Crippen LogP contribution in [0.4, 0.5) is 0 Å². The normalized spacial score (nSPS) is 14.9. The Labute approximate surface area is 114 Å². The molecule has 1 aromatic carbocycles. The Bertz CT molecular complexity index is 393. The maximum atomic E-state index is 10.1. The number of hydrogen-bond acceptors (Lipinski definition) is 3. The van der Waals surface area contributed by atoms with Crippen molar-refractivity contribution >= 4 is 11.6 Å². The number of benzene rings is 1. The number of ether oxygens (including phenoxy) is 1. The smallest absolute Gasteiger partial charge is 0.138 e. The second kappa shape index (κ2) is 6.41. The number of aliphatic hydroxyl groups is 1. The molecule has 0 aromatic heterocycles. The van der Waals surface area contributed by atoms with Gasteiger partial charge in [-0.1, -0.05) is 31.5 Å². The number of halogens is 1. The van der Waals surface area contributed by atoms with E-state index in [9.17, 15) is 5.11 Å². The van der Waals surface area contributed by atoms with Crippen LogP contribution < -0.4 is 10.5 Å². The topological polar surface area (TPSA) is 55.5 Å². The van der Waals surface area contributed by atoms with Crippen molar-refractivity contribution in [3.05, 3.63) is 28.8 Å². The van der Waals surface area contributed by atoms with Crippen molar-refractivity contribution in [3.8, 4) is 5.75 Å². The van der Waals surface area contributed by atoms with Crippen molar-refractivity contribution in [3.63, 3.8) is 0 Å². The molecule has 2 atom stereocenters. The lowest BCUT2D eigenvalue weighted by atomic mass is 9.94. The minimum absolute atomic E-state index is 0.0659. The maximum Gasteiger partial charge on any atom is 0.138 e. The number of nitrogens with two attached hydrogens (primary N) is 1. The molecule has 0 aliphatic carbocycles. The Hall–Kier alpha value is -0.770. The minimum atomic E-state index is -0.712. The van der Waals surface area contributed by atoms with Gasteiger partial charge in [0, 0.05) is 6.04 Å². The van der Waals surface area contributed by atoms with Crippen LogP contribution in [-0.2, 0) is 0 Å². The molecule has 0 aliphatic heterocycles. The molecule has 0 amide bonds. The lowest BCUT2D eigenvalue weighted by molar-refractivity contribution is 0.125. The van der Waals surface area contributed by atoms with Gasteiger partial charge in [0.25, 0.3) is 0 Å². The van der Waals surface area contributed by atoms with Crippen LogP contribution in [0.1, 0.15) is 39.4 Å². The van der Waals surface area contributed by atoms with E-state index in [1.165, 1.54) is 0 Å². The molecule has 0 fully saturated rings. The van der Waals surface area contributed by atoms with Crippen LogP contribution >= 0.6 is 11.6 Å². The van der Waals surface area contributed by atoms with Crippen LogP contribution in [0.2, 0.25) is 5.02 Å². The second-order valence-electron chi connectivity index (χ2n) is 5.12. The maximum absolute atomic E-state index is 10.1. The first-order valence-corrected chi connectivity index (χ1v) is 6.60. The summed E-state index contributed by atoms with van der Waals surface area (Å²) in [5.74, 6) is 0.825. The number of hydrogen-bond donors (Lipinski definition) is 2. The molecule has 3 nitrogen and oxygen atoms in total. The van der Waals surface area contributed by atoms with Gasteiger partial charge in [-0.15, -0.1) is 0 Å². The van der Waals surface area contributed by atoms with Crippen LogP contribution in [0.15, 0.2) is 18.2 Å². The van der Waals surface area contributed by atoms with Gasteiger partial charge in [-0.05, 0) is 37.5 Å². The summed E-state index contributed by atoms with van der Waals surface area (Å²) in [6, 6.07) is 4.98. The highest BCUT2D eigenvalue weighted by Crippen LogP contribution is 2.30. The fraction of sp³-hybridized carbons (Fsp3) is 0.571. The van der Waals surface area contributed by atoms with E-state index in [1.54, 1.807) is 18.2 Å². The molecule has 1 rings (SSSR count). The summed E-state index contributed by atoms with van der Waals surface area (Å²) < 4.78 is 5.54. The predicted molar refractivity (Wildman–Crippen MR) is 75.0 cm³/mol. The van der Waals surface area contributed by atoms with E-state index in [2.05, 4.69) is 0 Å². The fourth-order valence-electron chi connectivity index (χ4n) is 1.64. The van der Waals surface area contributed by atoms with Gasteiger partial charge < -0.3 is 15.6 Å². The Morgan fingerprint density at radius 1 is 1.22 bits per heavy atom. The average molecular weight is 272 g/mol. The third-order valence-corrected chi connectivity index (χ3v) is 3.09. The molecule has 0 bridgehead atoms. The number of aliphatic hydroxyl groups excluding tert-OH is 1. The van der Waals surface area contributed by atoms with Gasteiger partial charge in [-0.3, -0.25) is 0 Å². The summed E-state index contributed by atoms with van der Waals surface area (Å²) in [5, 5.41) is 10.6. The monoisotopic (exact) mass is 271 g/mol. The highest BCUT2D eigenvalue weighted by molar-refractivity contribution is 6.32. The first-order valence-electron chi connectivity index (χ1n) is 6.22. The van der Waals surface area contributed by atoms with Crippen LogP contribution in [0, 0.1) is 5.92 Å². The quantitative estimate of drug-likeness (QED) is 0.865. The Balaban J connectivity index is 2.90. The van der Waals surface area contributed by atoms with Crippen LogP contribution in [0.3, 0.4) is 0 Å². The van der Waals surface area contributed by atoms with Crippen LogP contribution in [-0.4, -0.2) is 17.3 Å². The van der Waals surface area contributed by atoms with E-state index in [0.717, 1.165) is 5.56 Å². The van der Waals surface area contributed by atoms with E-state index in [0.29, 0.717) is 10.8 Å². The standard InChI is InChI=1S/C14H22ClNO2/c1-8(2)13(16)14(17)10-5-6-12(11(15)7-10)18-9(3)4/h5-9,13-14,17H,16H2,1-4H3. The first kappa shape index (κ1) is 15.3. The molecule has 2 unspecified atom stereocenters. The van der Waals surface area contributed by atoms with Crippen molar-refractivity contribution in [2.45, 2.75) is 45.9 Å². The lowest BCUT2D eigenvalue weighted by Gasteiger charge is -2.23. The van der Waals surface area contributed by atoms with E-state index in [-0.39, 0.29) is 18.1 Å². The molecule has 1 aromatic rings. The van der Waals surface area contributed by atoms with Gasteiger partial charge >= 0.3 is 0 Å². The van der Waals surface area contributed by atoms with Crippen molar-refractivity contribution in [1.29, 1.82) is 0 Å². The summed E-state index contributed by atoms with van der Waals surface area (Å²) in [6.07, 6.45) is -0.646. The predicted octanol–water partition coefficient (Wildman–Crippen LogP) is 3.14. The molecule has 0 radical (unpaired) electrons. The molecule has 3 N–H and O–H groups in total. The molecule has 0 heterocycles. The Morgan fingerprint density at radius 2 is 1.83 bits per heavy atom. The van der Waals surface area contributed by atoms with Crippen molar-refractivity contribution in [2.24, 2.45) is 11.7 Å². The second-order valence-corrected chi connectivity index (χ2v) is 5.53. The fourth-order valence-corrected chi connectivity index (χ4v) is 1.87. The van der Waals surface area contributed by atoms with Gasteiger partial charge in [0.1, 0.15) is 5.75 Å². The highest BCUT2D eigenvalue weighted by atomic mass is 35.5.